The first-order valence-electron chi connectivity index (χ1n) is 8.28. The fraction of sp³-hybridized carbons (Fsp3) is 0.316. The van der Waals surface area contributed by atoms with E-state index in [0.29, 0.717) is 15.3 Å². The van der Waals surface area contributed by atoms with Crippen LogP contribution in [0.5, 0.6) is 0 Å². The standard InChI is InChI=1S/C19H17Cl2N3OS/c1-10-4-6-11(7-5-10)8-13-17(25)24-18(26-13)22-16(23-24)15-12(9-14(20)21)19(15,2)3/h4-9,12,15H,1-3H3/b13-8-/t12-,15-/m1/s1. The van der Waals surface area contributed by atoms with Crippen molar-refractivity contribution in [2.24, 2.45) is 11.3 Å². The molecular formula is C19H17Cl2N3OS. The molecule has 1 fully saturated rings. The Balaban J connectivity index is 1.72. The second-order valence-corrected chi connectivity index (χ2v) is 9.29. The first-order chi connectivity index (χ1) is 12.3. The van der Waals surface area contributed by atoms with Gasteiger partial charge in [-0.2, -0.15) is 4.52 Å². The number of benzene rings is 1. The Hall–Kier alpha value is -1.69. The average Bonchev–Trinajstić information content (AvgIpc) is 2.86. The number of aryl methyl sites for hydroxylation is 1. The van der Waals surface area contributed by atoms with Gasteiger partial charge in [-0.25, -0.2) is 4.98 Å². The van der Waals surface area contributed by atoms with Gasteiger partial charge in [-0.3, -0.25) is 4.79 Å². The molecule has 1 aromatic carbocycles. The minimum atomic E-state index is -0.134. The first kappa shape index (κ1) is 17.7. The Kier molecular flexibility index (Phi) is 4.21. The number of rotatable bonds is 3. The van der Waals surface area contributed by atoms with Gasteiger partial charge in [0.15, 0.2) is 5.82 Å². The molecule has 2 atom stereocenters. The van der Waals surface area contributed by atoms with Gasteiger partial charge in [-0.1, -0.05) is 78.2 Å². The summed E-state index contributed by atoms with van der Waals surface area (Å²) in [6, 6.07) is 8.04. The zero-order valence-electron chi connectivity index (χ0n) is 14.5. The van der Waals surface area contributed by atoms with Gasteiger partial charge in [0.1, 0.15) is 4.49 Å². The summed E-state index contributed by atoms with van der Waals surface area (Å²) in [5.41, 5.74) is 2.02. The van der Waals surface area contributed by atoms with E-state index >= 15 is 0 Å². The fourth-order valence-corrected chi connectivity index (χ4v) is 4.60. The van der Waals surface area contributed by atoms with Crippen LogP contribution in [0.4, 0.5) is 0 Å². The van der Waals surface area contributed by atoms with Gasteiger partial charge in [0.25, 0.3) is 5.56 Å². The summed E-state index contributed by atoms with van der Waals surface area (Å²) < 4.78 is 2.29. The summed E-state index contributed by atoms with van der Waals surface area (Å²) in [4.78, 5) is 17.9. The van der Waals surface area contributed by atoms with Gasteiger partial charge in [-0.05, 0) is 36.0 Å². The molecule has 4 nitrogen and oxygen atoms in total. The van der Waals surface area contributed by atoms with Gasteiger partial charge in [0.2, 0.25) is 4.96 Å². The summed E-state index contributed by atoms with van der Waals surface area (Å²) in [6.07, 6.45) is 3.71. The topological polar surface area (TPSA) is 47.3 Å². The summed E-state index contributed by atoms with van der Waals surface area (Å²) in [5.74, 6) is 0.973. The van der Waals surface area contributed by atoms with Crippen LogP contribution in [0, 0.1) is 18.3 Å². The van der Waals surface area contributed by atoms with E-state index in [0.717, 1.165) is 5.56 Å². The second kappa shape index (κ2) is 6.19. The highest BCUT2D eigenvalue weighted by atomic mass is 35.5. The van der Waals surface area contributed by atoms with E-state index in [2.05, 4.69) is 23.9 Å². The SMILES string of the molecule is Cc1ccc(/C=c2\sc3nc([C@H]4[C@@H](C=C(Cl)Cl)C4(C)C)nn3c2=O)cc1. The molecule has 134 valence electrons. The monoisotopic (exact) mass is 405 g/mol. The van der Waals surface area contributed by atoms with Gasteiger partial charge in [-0.15, -0.1) is 5.10 Å². The predicted octanol–water partition coefficient (Wildman–Crippen LogP) is 4.07. The molecule has 1 aliphatic rings. The van der Waals surface area contributed by atoms with Crippen LogP contribution >= 0.6 is 34.5 Å². The van der Waals surface area contributed by atoms with E-state index in [1.165, 1.54) is 21.4 Å². The Labute approximate surface area is 164 Å². The van der Waals surface area contributed by atoms with E-state index in [-0.39, 0.29) is 27.3 Å². The minimum Gasteiger partial charge on any atom is -0.266 e. The highest BCUT2D eigenvalue weighted by Gasteiger charge is 2.59. The van der Waals surface area contributed by atoms with Crippen molar-refractivity contribution in [1.82, 2.24) is 14.6 Å². The maximum Gasteiger partial charge on any atom is 0.291 e. The van der Waals surface area contributed by atoms with Gasteiger partial charge in [0, 0.05) is 5.92 Å². The van der Waals surface area contributed by atoms with Gasteiger partial charge in [0.05, 0.1) is 4.53 Å². The molecular weight excluding hydrogens is 389 g/mol. The molecule has 0 aliphatic heterocycles. The number of aromatic nitrogens is 3. The highest BCUT2D eigenvalue weighted by molar-refractivity contribution is 7.15. The number of thiazole rings is 1. The normalized spacial score (nSPS) is 22.0. The summed E-state index contributed by atoms with van der Waals surface area (Å²) in [6.45, 7) is 6.28. The van der Waals surface area contributed by atoms with Crippen molar-refractivity contribution in [3.63, 3.8) is 0 Å². The number of nitrogens with zero attached hydrogens (tertiary/aromatic N) is 3. The molecule has 26 heavy (non-hydrogen) atoms. The lowest BCUT2D eigenvalue weighted by Crippen LogP contribution is -2.23. The number of hydrogen-bond acceptors (Lipinski definition) is 4. The van der Waals surface area contributed by atoms with Crippen molar-refractivity contribution in [2.45, 2.75) is 26.7 Å². The number of fused-ring (bicyclic) bond motifs is 1. The molecule has 0 unspecified atom stereocenters. The number of halogens is 2. The third kappa shape index (κ3) is 2.98. The smallest absolute Gasteiger partial charge is 0.266 e. The highest BCUT2D eigenvalue weighted by Crippen LogP contribution is 2.64. The number of hydrogen-bond donors (Lipinski definition) is 0. The molecule has 2 heterocycles. The summed E-state index contributed by atoms with van der Waals surface area (Å²) in [7, 11) is 0. The van der Waals surface area contributed by atoms with E-state index in [1.54, 1.807) is 0 Å². The Morgan fingerprint density at radius 3 is 2.58 bits per heavy atom. The zero-order chi connectivity index (χ0) is 18.6. The first-order valence-corrected chi connectivity index (χ1v) is 9.85. The third-order valence-electron chi connectivity index (χ3n) is 5.07. The van der Waals surface area contributed by atoms with Crippen LogP contribution in [0.25, 0.3) is 11.0 Å². The molecule has 0 spiro atoms. The van der Waals surface area contributed by atoms with E-state index in [4.69, 9.17) is 23.2 Å². The molecule has 0 amide bonds. The van der Waals surface area contributed by atoms with Crippen LogP contribution in [-0.4, -0.2) is 14.6 Å². The van der Waals surface area contributed by atoms with Crippen molar-refractivity contribution in [3.05, 3.63) is 66.7 Å². The van der Waals surface area contributed by atoms with Gasteiger partial charge >= 0.3 is 0 Å². The lowest BCUT2D eigenvalue weighted by molar-refractivity contribution is 0.585. The van der Waals surface area contributed by atoms with Crippen molar-refractivity contribution in [1.29, 1.82) is 0 Å². The van der Waals surface area contributed by atoms with E-state index in [1.807, 2.05) is 43.3 Å². The van der Waals surface area contributed by atoms with Crippen LogP contribution in [-0.2, 0) is 0 Å². The summed E-state index contributed by atoms with van der Waals surface area (Å²) in [5, 5.41) is 4.47. The third-order valence-corrected chi connectivity index (χ3v) is 6.28. The number of allylic oxidation sites excluding steroid dienone is 1. The Morgan fingerprint density at radius 1 is 1.27 bits per heavy atom. The lowest BCUT2D eigenvalue weighted by atomic mass is 10.1. The lowest BCUT2D eigenvalue weighted by Gasteiger charge is -1.97. The molecule has 3 aromatic rings. The van der Waals surface area contributed by atoms with Gasteiger partial charge < -0.3 is 0 Å². The maximum absolute atomic E-state index is 12.7. The van der Waals surface area contributed by atoms with Crippen LogP contribution < -0.4 is 10.1 Å². The van der Waals surface area contributed by atoms with Crippen molar-refractivity contribution < 1.29 is 0 Å². The molecule has 1 saturated carbocycles. The Morgan fingerprint density at radius 2 is 1.96 bits per heavy atom. The molecule has 7 heteroatoms. The molecule has 0 bridgehead atoms. The van der Waals surface area contributed by atoms with E-state index < -0.39 is 0 Å². The fourth-order valence-electron chi connectivity index (χ4n) is 3.41. The van der Waals surface area contributed by atoms with Crippen LogP contribution in [0.2, 0.25) is 0 Å². The van der Waals surface area contributed by atoms with Crippen molar-refractivity contribution in [3.8, 4) is 0 Å². The molecule has 0 N–H and O–H groups in total. The van der Waals surface area contributed by atoms with E-state index in [9.17, 15) is 4.79 Å². The average molecular weight is 406 g/mol. The molecule has 4 rings (SSSR count). The van der Waals surface area contributed by atoms with Crippen LogP contribution in [0.3, 0.4) is 0 Å². The van der Waals surface area contributed by atoms with Crippen LogP contribution in [0.15, 0.2) is 39.6 Å². The predicted molar refractivity (Wildman–Crippen MR) is 107 cm³/mol. The largest absolute Gasteiger partial charge is 0.291 e. The quantitative estimate of drug-likeness (QED) is 0.659. The molecule has 0 saturated heterocycles. The van der Waals surface area contributed by atoms with Crippen LogP contribution in [0.1, 0.15) is 36.7 Å². The Bertz CT molecular complexity index is 1120. The van der Waals surface area contributed by atoms with Crippen molar-refractivity contribution in [2.75, 3.05) is 0 Å². The minimum absolute atomic E-state index is 0.0219. The molecule has 0 radical (unpaired) electrons. The summed E-state index contributed by atoms with van der Waals surface area (Å²) >= 11 is 13.0. The maximum atomic E-state index is 12.7. The zero-order valence-corrected chi connectivity index (χ0v) is 16.9. The van der Waals surface area contributed by atoms with Crippen molar-refractivity contribution >= 4 is 45.6 Å². The molecule has 1 aliphatic carbocycles. The second-order valence-electron chi connectivity index (χ2n) is 7.27. The molecule has 2 aromatic heterocycles.